The Morgan fingerprint density at radius 2 is 1.67 bits per heavy atom. The van der Waals surface area contributed by atoms with E-state index in [1.807, 2.05) is 0 Å². The van der Waals surface area contributed by atoms with Gasteiger partial charge in [-0.15, -0.1) is 0 Å². The van der Waals surface area contributed by atoms with E-state index in [1.165, 1.54) is 78.2 Å². The molecule has 0 aliphatic carbocycles. The van der Waals surface area contributed by atoms with Crippen LogP contribution in [0, 0.1) is 5.92 Å². The van der Waals surface area contributed by atoms with Crippen LogP contribution in [0.4, 0.5) is 0 Å². The molecular formula is C17H34N4. The molecule has 0 aromatic carbocycles. The summed E-state index contributed by atoms with van der Waals surface area (Å²) in [7, 11) is 0. The molecule has 3 rings (SSSR count). The molecule has 3 saturated heterocycles. The topological polar surface area (TPSA) is 21.8 Å². The van der Waals surface area contributed by atoms with Gasteiger partial charge in [-0.25, -0.2) is 0 Å². The molecule has 21 heavy (non-hydrogen) atoms. The van der Waals surface area contributed by atoms with Gasteiger partial charge in [-0.3, -0.25) is 4.90 Å². The molecule has 0 aromatic heterocycles. The Balaban J connectivity index is 1.40. The Morgan fingerprint density at radius 3 is 2.33 bits per heavy atom. The highest BCUT2D eigenvalue weighted by Crippen LogP contribution is 2.25. The van der Waals surface area contributed by atoms with Gasteiger partial charge in [-0.05, 0) is 58.7 Å². The summed E-state index contributed by atoms with van der Waals surface area (Å²) in [5.74, 6) is 0.922. The predicted octanol–water partition coefficient (Wildman–Crippen LogP) is 1.09. The zero-order valence-electron chi connectivity index (χ0n) is 14.1. The molecule has 122 valence electrons. The highest BCUT2D eigenvalue weighted by Gasteiger charge is 2.31. The molecule has 3 aliphatic rings. The third-order valence-electron chi connectivity index (χ3n) is 5.79. The first-order valence-electron chi connectivity index (χ1n) is 9.13. The van der Waals surface area contributed by atoms with Gasteiger partial charge in [0.15, 0.2) is 0 Å². The van der Waals surface area contributed by atoms with Crippen LogP contribution in [-0.4, -0.2) is 85.7 Å². The van der Waals surface area contributed by atoms with Gasteiger partial charge in [0.2, 0.25) is 0 Å². The number of piperidine rings is 1. The van der Waals surface area contributed by atoms with Gasteiger partial charge < -0.3 is 15.1 Å². The van der Waals surface area contributed by atoms with E-state index < -0.39 is 0 Å². The lowest BCUT2D eigenvalue weighted by Gasteiger charge is -2.38. The van der Waals surface area contributed by atoms with Crippen LogP contribution in [0.25, 0.3) is 0 Å². The van der Waals surface area contributed by atoms with Crippen molar-refractivity contribution < 1.29 is 0 Å². The highest BCUT2D eigenvalue weighted by atomic mass is 15.2. The van der Waals surface area contributed by atoms with Crippen LogP contribution < -0.4 is 5.32 Å². The van der Waals surface area contributed by atoms with Crippen molar-refractivity contribution in [1.82, 2.24) is 20.0 Å². The van der Waals surface area contributed by atoms with Crippen LogP contribution in [0.5, 0.6) is 0 Å². The Hall–Kier alpha value is -0.160. The molecular weight excluding hydrogens is 260 g/mol. The molecule has 0 saturated carbocycles. The Morgan fingerprint density at radius 1 is 0.952 bits per heavy atom. The van der Waals surface area contributed by atoms with Gasteiger partial charge in [-0.1, -0.05) is 0 Å². The average molecular weight is 294 g/mol. The summed E-state index contributed by atoms with van der Waals surface area (Å²) in [5.41, 5.74) is 0. The van der Waals surface area contributed by atoms with Crippen molar-refractivity contribution in [3.05, 3.63) is 0 Å². The average Bonchev–Trinajstić information content (AvgIpc) is 2.97. The van der Waals surface area contributed by atoms with E-state index in [0.717, 1.165) is 18.0 Å². The quantitative estimate of drug-likeness (QED) is 0.838. The molecule has 0 radical (unpaired) electrons. The predicted molar refractivity (Wildman–Crippen MR) is 88.7 cm³/mol. The fraction of sp³-hybridized carbons (Fsp3) is 1.00. The van der Waals surface area contributed by atoms with Crippen LogP contribution in [0.3, 0.4) is 0 Å². The lowest BCUT2D eigenvalue weighted by atomic mass is 10.0. The van der Waals surface area contributed by atoms with Crippen molar-refractivity contribution in [2.24, 2.45) is 5.92 Å². The molecule has 4 heteroatoms. The van der Waals surface area contributed by atoms with E-state index in [2.05, 4.69) is 33.9 Å². The third kappa shape index (κ3) is 4.19. The minimum atomic E-state index is 0.727. The molecule has 0 aromatic rings. The van der Waals surface area contributed by atoms with Gasteiger partial charge in [0.25, 0.3) is 0 Å². The monoisotopic (exact) mass is 294 g/mol. The van der Waals surface area contributed by atoms with Crippen molar-refractivity contribution in [2.45, 2.75) is 45.2 Å². The Kier molecular flexibility index (Phi) is 5.54. The summed E-state index contributed by atoms with van der Waals surface area (Å²) in [5, 5.41) is 3.46. The molecule has 0 amide bonds. The minimum absolute atomic E-state index is 0.727. The van der Waals surface area contributed by atoms with Crippen LogP contribution in [-0.2, 0) is 0 Å². The van der Waals surface area contributed by atoms with E-state index in [-0.39, 0.29) is 0 Å². The van der Waals surface area contributed by atoms with Crippen molar-refractivity contribution in [1.29, 1.82) is 0 Å². The second kappa shape index (κ2) is 7.40. The van der Waals surface area contributed by atoms with E-state index in [0.29, 0.717) is 0 Å². The highest BCUT2D eigenvalue weighted by molar-refractivity contribution is 4.87. The first-order chi connectivity index (χ1) is 10.2. The molecule has 4 nitrogen and oxygen atoms in total. The van der Waals surface area contributed by atoms with Crippen LogP contribution in [0.15, 0.2) is 0 Å². The second-order valence-electron chi connectivity index (χ2n) is 7.56. The number of nitrogens with zero attached hydrogens (tertiary/aromatic N) is 3. The van der Waals surface area contributed by atoms with Gasteiger partial charge in [0, 0.05) is 51.4 Å². The molecule has 3 heterocycles. The lowest BCUT2D eigenvalue weighted by Crippen LogP contribution is -2.47. The summed E-state index contributed by atoms with van der Waals surface area (Å²) in [6.07, 6.45) is 4.20. The summed E-state index contributed by atoms with van der Waals surface area (Å²) in [4.78, 5) is 8.13. The van der Waals surface area contributed by atoms with E-state index >= 15 is 0 Å². The molecule has 0 bridgehead atoms. The van der Waals surface area contributed by atoms with Gasteiger partial charge in [0.1, 0.15) is 0 Å². The molecule has 3 fully saturated rings. The number of nitrogens with one attached hydrogen (secondary N) is 1. The second-order valence-corrected chi connectivity index (χ2v) is 7.56. The first kappa shape index (κ1) is 15.7. The van der Waals surface area contributed by atoms with Crippen molar-refractivity contribution in [2.75, 3.05) is 58.9 Å². The maximum atomic E-state index is 3.46. The van der Waals surface area contributed by atoms with E-state index in [4.69, 9.17) is 0 Å². The maximum absolute atomic E-state index is 3.46. The summed E-state index contributed by atoms with van der Waals surface area (Å²) in [6, 6.07) is 1.60. The van der Waals surface area contributed by atoms with Crippen LogP contribution in [0.1, 0.15) is 33.1 Å². The van der Waals surface area contributed by atoms with Gasteiger partial charge in [-0.2, -0.15) is 0 Å². The van der Waals surface area contributed by atoms with Crippen molar-refractivity contribution >= 4 is 0 Å². The first-order valence-corrected chi connectivity index (χ1v) is 9.13. The van der Waals surface area contributed by atoms with Crippen molar-refractivity contribution in [3.8, 4) is 0 Å². The molecule has 3 aliphatic heterocycles. The minimum Gasteiger partial charge on any atom is -0.314 e. The molecule has 1 N–H and O–H groups in total. The fourth-order valence-electron chi connectivity index (χ4n) is 4.37. The molecule has 0 spiro atoms. The summed E-state index contributed by atoms with van der Waals surface area (Å²) >= 11 is 0. The Bertz CT molecular complexity index is 306. The lowest BCUT2D eigenvalue weighted by molar-refractivity contribution is 0.102. The number of piperazine rings is 1. The van der Waals surface area contributed by atoms with Crippen LogP contribution in [0.2, 0.25) is 0 Å². The third-order valence-corrected chi connectivity index (χ3v) is 5.79. The zero-order valence-corrected chi connectivity index (χ0v) is 14.1. The fourth-order valence-corrected chi connectivity index (χ4v) is 4.37. The molecule has 0 unspecified atom stereocenters. The van der Waals surface area contributed by atoms with Gasteiger partial charge in [0.05, 0.1) is 0 Å². The zero-order chi connectivity index (χ0) is 14.7. The van der Waals surface area contributed by atoms with Crippen molar-refractivity contribution in [3.63, 3.8) is 0 Å². The smallest absolute Gasteiger partial charge is 0.0120 e. The number of hydrogen-bond acceptors (Lipinski definition) is 4. The van der Waals surface area contributed by atoms with Crippen LogP contribution >= 0.6 is 0 Å². The SMILES string of the molecule is CC(C)N1CCC(N2CC[C@@H](CN3CCNCC3)C2)CC1. The maximum Gasteiger partial charge on any atom is 0.0120 e. The summed E-state index contributed by atoms with van der Waals surface area (Å²) < 4.78 is 0. The van der Waals surface area contributed by atoms with Gasteiger partial charge >= 0.3 is 0 Å². The largest absolute Gasteiger partial charge is 0.314 e. The standard InChI is InChI=1S/C17H34N4/c1-15(2)20-9-4-17(5-10-20)21-8-3-16(14-21)13-19-11-6-18-7-12-19/h15-18H,3-14H2,1-2H3/t16-/m0/s1. The van der Waals surface area contributed by atoms with E-state index in [1.54, 1.807) is 0 Å². The summed E-state index contributed by atoms with van der Waals surface area (Å²) in [6.45, 7) is 16.2. The van der Waals surface area contributed by atoms with E-state index in [9.17, 15) is 0 Å². The molecule has 1 atom stereocenters. The number of hydrogen-bond donors (Lipinski definition) is 1. The normalized spacial score (nSPS) is 31.3. The number of rotatable bonds is 4. The number of likely N-dealkylation sites (tertiary alicyclic amines) is 2. The Labute approximate surface area is 130 Å².